The molecule has 0 amide bonds. The van der Waals surface area contributed by atoms with Gasteiger partial charge in [-0.1, -0.05) is 11.6 Å². The van der Waals surface area contributed by atoms with E-state index < -0.39 is 5.82 Å². The van der Waals surface area contributed by atoms with Crippen molar-refractivity contribution in [2.45, 2.75) is 13.8 Å². The van der Waals surface area contributed by atoms with Gasteiger partial charge in [-0.2, -0.15) is 0 Å². The Labute approximate surface area is 109 Å². The molecule has 0 unspecified atom stereocenters. The van der Waals surface area contributed by atoms with E-state index in [9.17, 15) is 4.39 Å². The van der Waals surface area contributed by atoms with E-state index in [0.717, 1.165) is 0 Å². The third-order valence-electron chi connectivity index (χ3n) is 2.32. The molecule has 1 N–H and O–H groups in total. The molecule has 94 valence electrons. The fraction of sp³-hybridized carbons (Fsp3) is 0.250. The molecular formula is C12H12ClFN4. The van der Waals surface area contributed by atoms with Gasteiger partial charge in [0, 0.05) is 12.7 Å². The number of rotatable bonds is 3. The van der Waals surface area contributed by atoms with Crippen LogP contribution < -0.4 is 5.32 Å². The van der Waals surface area contributed by atoms with E-state index in [1.165, 1.54) is 6.20 Å². The van der Waals surface area contributed by atoms with Gasteiger partial charge in [0.1, 0.15) is 5.69 Å². The second kappa shape index (κ2) is 5.27. The van der Waals surface area contributed by atoms with Crippen molar-refractivity contribution in [2.24, 2.45) is 0 Å². The molecular weight excluding hydrogens is 255 g/mol. The first-order valence-electron chi connectivity index (χ1n) is 5.51. The van der Waals surface area contributed by atoms with Crippen LogP contribution in [0.4, 0.5) is 10.2 Å². The smallest absolute Gasteiger partial charge is 0.186 e. The van der Waals surface area contributed by atoms with Crippen LogP contribution in [0.2, 0.25) is 5.02 Å². The van der Waals surface area contributed by atoms with Crippen LogP contribution in [0.25, 0.3) is 11.5 Å². The normalized spacial score (nSPS) is 10.4. The molecule has 0 radical (unpaired) electrons. The quantitative estimate of drug-likeness (QED) is 0.928. The van der Waals surface area contributed by atoms with Crippen molar-refractivity contribution in [1.82, 2.24) is 15.0 Å². The second-order valence-corrected chi connectivity index (χ2v) is 4.12. The number of halogens is 2. The van der Waals surface area contributed by atoms with Gasteiger partial charge in [-0.05, 0) is 26.0 Å². The van der Waals surface area contributed by atoms with E-state index in [-0.39, 0.29) is 11.5 Å². The van der Waals surface area contributed by atoms with Crippen molar-refractivity contribution < 1.29 is 4.39 Å². The molecule has 2 aromatic rings. The summed E-state index contributed by atoms with van der Waals surface area (Å²) in [6.07, 6.45) is 1.51. The van der Waals surface area contributed by atoms with Crippen molar-refractivity contribution in [3.05, 3.63) is 34.9 Å². The highest BCUT2D eigenvalue weighted by Crippen LogP contribution is 2.20. The first kappa shape index (κ1) is 12.7. The molecule has 2 rings (SSSR count). The number of aryl methyl sites for hydroxylation is 1. The number of nitrogens with one attached hydrogen (secondary N) is 1. The number of hydrogen-bond acceptors (Lipinski definition) is 4. The van der Waals surface area contributed by atoms with Gasteiger partial charge >= 0.3 is 0 Å². The number of hydrogen-bond donors (Lipinski definition) is 1. The Morgan fingerprint density at radius 2 is 2.11 bits per heavy atom. The minimum atomic E-state index is -0.436. The van der Waals surface area contributed by atoms with Gasteiger partial charge in [0.15, 0.2) is 17.5 Å². The van der Waals surface area contributed by atoms with Crippen LogP contribution in [0, 0.1) is 12.7 Å². The first-order valence-corrected chi connectivity index (χ1v) is 5.89. The molecule has 18 heavy (non-hydrogen) atoms. The van der Waals surface area contributed by atoms with Gasteiger partial charge in [-0.15, -0.1) is 0 Å². The zero-order chi connectivity index (χ0) is 13.1. The molecule has 0 fully saturated rings. The fourth-order valence-electron chi connectivity index (χ4n) is 1.47. The van der Waals surface area contributed by atoms with Crippen molar-refractivity contribution in [1.29, 1.82) is 0 Å². The van der Waals surface area contributed by atoms with E-state index in [0.29, 0.717) is 23.1 Å². The fourth-order valence-corrected chi connectivity index (χ4v) is 1.58. The van der Waals surface area contributed by atoms with E-state index in [2.05, 4.69) is 20.3 Å². The summed E-state index contributed by atoms with van der Waals surface area (Å²) >= 11 is 5.76. The summed E-state index contributed by atoms with van der Waals surface area (Å²) in [5.74, 6) is 0.132. The lowest BCUT2D eigenvalue weighted by molar-refractivity contribution is 0.606. The standard InChI is InChI=1S/C12H12ClFN4/c1-3-15-12-10(14)7(2)17-11(18-12)9-5-4-8(13)6-16-9/h4-6H,3H2,1-2H3,(H,15,17,18). The molecule has 0 aromatic carbocycles. The third kappa shape index (κ3) is 2.56. The summed E-state index contributed by atoms with van der Waals surface area (Å²) in [6, 6.07) is 3.39. The maximum absolute atomic E-state index is 13.7. The van der Waals surface area contributed by atoms with E-state index in [1.54, 1.807) is 19.1 Å². The first-order chi connectivity index (χ1) is 8.61. The summed E-state index contributed by atoms with van der Waals surface area (Å²) in [5.41, 5.74) is 0.842. The predicted molar refractivity (Wildman–Crippen MR) is 69.1 cm³/mol. The zero-order valence-electron chi connectivity index (χ0n) is 10.0. The van der Waals surface area contributed by atoms with Crippen LogP contribution in [0.3, 0.4) is 0 Å². The lowest BCUT2D eigenvalue weighted by atomic mass is 10.3. The van der Waals surface area contributed by atoms with Crippen molar-refractivity contribution in [2.75, 3.05) is 11.9 Å². The lowest BCUT2D eigenvalue weighted by Gasteiger charge is -2.08. The number of anilines is 1. The summed E-state index contributed by atoms with van der Waals surface area (Å²) in [7, 11) is 0. The van der Waals surface area contributed by atoms with Crippen LogP contribution in [0.5, 0.6) is 0 Å². The molecule has 2 aromatic heterocycles. The summed E-state index contributed by atoms with van der Waals surface area (Å²) in [5, 5.41) is 3.39. The Kier molecular flexibility index (Phi) is 3.72. The molecule has 0 spiro atoms. The topological polar surface area (TPSA) is 50.7 Å². The van der Waals surface area contributed by atoms with Gasteiger partial charge in [-0.3, -0.25) is 4.98 Å². The Hall–Kier alpha value is -1.75. The molecule has 0 saturated heterocycles. The minimum absolute atomic E-state index is 0.191. The van der Waals surface area contributed by atoms with E-state index in [1.807, 2.05) is 6.92 Å². The maximum Gasteiger partial charge on any atom is 0.186 e. The summed E-state index contributed by atoms with van der Waals surface area (Å²) in [6.45, 7) is 4.05. The highest BCUT2D eigenvalue weighted by Gasteiger charge is 2.12. The Morgan fingerprint density at radius 3 is 2.72 bits per heavy atom. The van der Waals surface area contributed by atoms with Crippen LogP contribution in [0.1, 0.15) is 12.6 Å². The minimum Gasteiger partial charge on any atom is -0.368 e. The molecule has 0 saturated carbocycles. The van der Waals surface area contributed by atoms with Crippen LogP contribution in [-0.4, -0.2) is 21.5 Å². The predicted octanol–water partition coefficient (Wildman–Crippen LogP) is 3.07. The van der Waals surface area contributed by atoms with Gasteiger partial charge in [-0.25, -0.2) is 14.4 Å². The summed E-state index contributed by atoms with van der Waals surface area (Å²) in [4.78, 5) is 12.3. The second-order valence-electron chi connectivity index (χ2n) is 3.69. The lowest BCUT2D eigenvalue weighted by Crippen LogP contribution is -2.07. The average molecular weight is 267 g/mol. The number of pyridine rings is 1. The highest BCUT2D eigenvalue weighted by molar-refractivity contribution is 6.30. The van der Waals surface area contributed by atoms with Crippen molar-refractivity contribution in [3.8, 4) is 11.5 Å². The maximum atomic E-state index is 13.7. The highest BCUT2D eigenvalue weighted by atomic mass is 35.5. The molecule has 0 aliphatic rings. The van der Waals surface area contributed by atoms with Gasteiger partial charge in [0.25, 0.3) is 0 Å². The van der Waals surface area contributed by atoms with Crippen LogP contribution in [0.15, 0.2) is 18.3 Å². The van der Waals surface area contributed by atoms with Crippen molar-refractivity contribution >= 4 is 17.4 Å². The third-order valence-corrected chi connectivity index (χ3v) is 2.54. The number of aromatic nitrogens is 3. The van der Waals surface area contributed by atoms with Crippen LogP contribution >= 0.6 is 11.6 Å². The Morgan fingerprint density at radius 1 is 1.33 bits per heavy atom. The molecule has 4 nitrogen and oxygen atoms in total. The molecule has 2 heterocycles. The van der Waals surface area contributed by atoms with E-state index >= 15 is 0 Å². The molecule has 0 atom stereocenters. The molecule has 0 aliphatic carbocycles. The van der Waals surface area contributed by atoms with E-state index in [4.69, 9.17) is 11.6 Å². The van der Waals surface area contributed by atoms with Gasteiger partial charge in [0.05, 0.1) is 10.7 Å². The molecule has 0 aliphatic heterocycles. The Bertz CT molecular complexity index is 557. The van der Waals surface area contributed by atoms with Gasteiger partial charge < -0.3 is 5.32 Å². The summed E-state index contributed by atoms with van der Waals surface area (Å²) < 4.78 is 13.7. The largest absolute Gasteiger partial charge is 0.368 e. The average Bonchev–Trinajstić information content (AvgIpc) is 2.36. The zero-order valence-corrected chi connectivity index (χ0v) is 10.8. The number of nitrogens with zero attached hydrogens (tertiary/aromatic N) is 3. The SMILES string of the molecule is CCNc1nc(-c2ccc(Cl)cn2)nc(C)c1F. The van der Waals surface area contributed by atoms with Gasteiger partial charge in [0.2, 0.25) is 0 Å². The monoisotopic (exact) mass is 266 g/mol. The molecule has 6 heteroatoms. The Balaban J connectivity index is 2.48. The molecule has 0 bridgehead atoms. The van der Waals surface area contributed by atoms with Crippen LogP contribution in [-0.2, 0) is 0 Å². The van der Waals surface area contributed by atoms with Crippen molar-refractivity contribution in [3.63, 3.8) is 0 Å².